The summed E-state index contributed by atoms with van der Waals surface area (Å²) < 4.78 is 5.32. The quantitative estimate of drug-likeness (QED) is 0.297. The van der Waals surface area contributed by atoms with Crippen LogP contribution in [0, 0.1) is 0 Å². The molecule has 138 valence electrons. The Bertz CT molecular complexity index is 495. The minimum Gasteiger partial charge on any atom is -0.497 e. The number of methoxy groups -OCH3 is 1. The number of hydrogen-bond acceptors (Lipinski definition) is 2. The van der Waals surface area contributed by atoms with Crippen LogP contribution in [0.5, 0.6) is 5.75 Å². The van der Waals surface area contributed by atoms with Crippen molar-refractivity contribution >= 4 is 41.2 Å². The maximum Gasteiger partial charge on any atom is 0.160 e. The van der Waals surface area contributed by atoms with Gasteiger partial charge in [0.25, 0.3) is 0 Å². The van der Waals surface area contributed by atoms with Gasteiger partial charge in [0.15, 0.2) is 4.93 Å². The highest BCUT2D eigenvalue weighted by Crippen LogP contribution is 2.91. The van der Waals surface area contributed by atoms with Gasteiger partial charge in [0.1, 0.15) is 5.75 Å². The average Bonchev–Trinajstić information content (AvgIpc) is 2.61. The molecule has 0 amide bonds. The van der Waals surface area contributed by atoms with E-state index in [9.17, 15) is 0 Å². The Morgan fingerprint density at radius 1 is 0.917 bits per heavy atom. The zero-order valence-corrected chi connectivity index (χ0v) is 19.3. The average molecular weight is 406 g/mol. The standard InChI is InChI=1S/C19H34OP2S2/c1-5-8-15-21(16-9-6-2,17-10-7-3)22(23,24)19-13-11-18(20-4)12-14-19/h11-14H,5-10,15-17H2,1-4H3/p+1. The van der Waals surface area contributed by atoms with E-state index in [1.54, 1.807) is 7.11 Å². The molecule has 1 atom stereocenters. The topological polar surface area (TPSA) is 9.23 Å². The van der Waals surface area contributed by atoms with Gasteiger partial charge in [0.05, 0.1) is 32.5 Å². The van der Waals surface area contributed by atoms with Gasteiger partial charge in [0, 0.05) is 5.30 Å². The highest BCUT2D eigenvalue weighted by molar-refractivity contribution is 8.90. The zero-order chi connectivity index (χ0) is 18.1. The monoisotopic (exact) mass is 405 g/mol. The molecule has 0 aromatic heterocycles. The van der Waals surface area contributed by atoms with Crippen LogP contribution in [0.25, 0.3) is 0 Å². The molecule has 1 rings (SSSR count). The van der Waals surface area contributed by atoms with Crippen molar-refractivity contribution in [1.82, 2.24) is 0 Å². The molecule has 0 radical (unpaired) electrons. The third-order valence-electron chi connectivity index (χ3n) is 4.77. The van der Waals surface area contributed by atoms with Gasteiger partial charge in [-0.2, -0.15) is 0 Å². The van der Waals surface area contributed by atoms with E-state index in [1.807, 2.05) is 0 Å². The normalized spacial score (nSPS) is 14.4. The van der Waals surface area contributed by atoms with E-state index < -0.39 is 11.9 Å². The second kappa shape index (κ2) is 11.2. The summed E-state index contributed by atoms with van der Waals surface area (Å²) in [7, 11) is 1.72. The summed E-state index contributed by atoms with van der Waals surface area (Å²) in [5, 5.41) is 1.30. The third-order valence-corrected chi connectivity index (χ3v) is 24.1. The fourth-order valence-electron chi connectivity index (χ4n) is 3.12. The molecule has 24 heavy (non-hydrogen) atoms. The molecule has 5 heteroatoms. The predicted molar refractivity (Wildman–Crippen MR) is 122 cm³/mol. The maximum atomic E-state index is 6.35. The van der Waals surface area contributed by atoms with Gasteiger partial charge >= 0.3 is 0 Å². The van der Waals surface area contributed by atoms with Crippen molar-refractivity contribution in [2.45, 2.75) is 59.3 Å². The van der Waals surface area contributed by atoms with Crippen LogP contribution in [0.2, 0.25) is 0 Å². The fourth-order valence-corrected chi connectivity index (χ4v) is 19.3. The molecule has 1 nitrogen and oxygen atoms in total. The van der Waals surface area contributed by atoms with Crippen molar-refractivity contribution in [2.75, 3.05) is 25.6 Å². The lowest BCUT2D eigenvalue weighted by Gasteiger charge is -2.35. The molecular formula is C19H35OP2S2+. The lowest BCUT2D eigenvalue weighted by molar-refractivity contribution is 0.415. The molecule has 0 saturated heterocycles. The molecule has 0 aliphatic carbocycles. The number of ether oxygens (including phenoxy) is 1. The highest BCUT2D eigenvalue weighted by Gasteiger charge is 2.48. The van der Waals surface area contributed by atoms with E-state index in [4.69, 9.17) is 28.8 Å². The minimum absolute atomic E-state index is 0.904. The van der Waals surface area contributed by atoms with Crippen molar-refractivity contribution in [3.8, 4) is 5.75 Å². The number of benzene rings is 1. The molecule has 0 bridgehead atoms. The van der Waals surface area contributed by atoms with Gasteiger partial charge in [-0.25, -0.2) is 0 Å². The van der Waals surface area contributed by atoms with Crippen LogP contribution in [0.4, 0.5) is 0 Å². The molecule has 0 aliphatic rings. The van der Waals surface area contributed by atoms with Gasteiger partial charge in [-0.1, -0.05) is 52.3 Å². The van der Waals surface area contributed by atoms with Gasteiger partial charge in [-0.05, 0) is 55.3 Å². The number of rotatable bonds is 12. The van der Waals surface area contributed by atoms with Crippen LogP contribution in [0.15, 0.2) is 24.3 Å². The van der Waals surface area contributed by atoms with E-state index in [0.717, 1.165) is 5.75 Å². The zero-order valence-electron chi connectivity index (χ0n) is 15.8. The number of thiol groups is 1. The predicted octanol–water partition coefficient (Wildman–Crippen LogP) is 6.98. The second-order valence-corrected chi connectivity index (χ2v) is 22.1. The summed E-state index contributed by atoms with van der Waals surface area (Å²) in [6.07, 6.45) is 11.7. The van der Waals surface area contributed by atoms with Crippen molar-refractivity contribution in [3.63, 3.8) is 0 Å². The van der Waals surface area contributed by atoms with Crippen molar-refractivity contribution in [1.29, 1.82) is 0 Å². The summed E-state index contributed by atoms with van der Waals surface area (Å²) in [6.45, 7) is 5.64. The molecule has 0 N–H and O–H groups in total. The molecule has 0 saturated carbocycles. The summed E-state index contributed by atoms with van der Waals surface area (Å²) in [4.78, 5) is -1.82. The lowest BCUT2D eigenvalue weighted by Crippen LogP contribution is -2.14. The summed E-state index contributed by atoms with van der Waals surface area (Å²) in [6, 6.07) is 8.48. The van der Waals surface area contributed by atoms with E-state index in [-0.39, 0.29) is 0 Å². The Balaban J connectivity index is 3.25. The largest absolute Gasteiger partial charge is 0.497 e. The Morgan fingerprint density at radius 3 is 1.67 bits per heavy atom. The summed E-state index contributed by atoms with van der Waals surface area (Å²) >= 11 is 11.6. The molecule has 1 unspecified atom stereocenters. The minimum atomic E-state index is -1.82. The first kappa shape index (κ1) is 22.5. The summed E-state index contributed by atoms with van der Waals surface area (Å²) in [5.74, 6) is 0.904. The molecule has 1 aromatic rings. The van der Waals surface area contributed by atoms with Crippen LogP contribution >= 0.6 is 24.1 Å². The first-order valence-electron chi connectivity index (χ1n) is 9.31. The van der Waals surface area contributed by atoms with Crippen LogP contribution in [0.3, 0.4) is 0 Å². The van der Waals surface area contributed by atoms with Crippen LogP contribution < -0.4 is 10.0 Å². The summed E-state index contributed by atoms with van der Waals surface area (Å²) in [5.41, 5.74) is 0. The smallest absolute Gasteiger partial charge is 0.160 e. The van der Waals surface area contributed by atoms with Gasteiger partial charge in [-0.15, -0.1) is 0 Å². The van der Waals surface area contributed by atoms with E-state index in [0.29, 0.717) is 0 Å². The molecule has 0 fully saturated rings. The first-order chi connectivity index (χ1) is 11.5. The maximum absolute atomic E-state index is 6.35. The first-order valence-corrected chi connectivity index (χ1v) is 16.3. The van der Waals surface area contributed by atoms with Crippen LogP contribution in [0.1, 0.15) is 59.3 Å². The van der Waals surface area contributed by atoms with Gasteiger partial charge in [-0.3, -0.25) is 0 Å². The molecule has 0 heterocycles. The Hall–Kier alpha value is 0.450. The van der Waals surface area contributed by atoms with Crippen LogP contribution in [-0.4, -0.2) is 25.6 Å². The third kappa shape index (κ3) is 5.73. The van der Waals surface area contributed by atoms with E-state index in [2.05, 4.69) is 45.0 Å². The molecule has 1 aromatic carbocycles. The number of unbranched alkanes of at least 4 members (excludes halogenated alkanes) is 3. The van der Waals surface area contributed by atoms with Crippen LogP contribution in [-0.2, 0) is 11.8 Å². The Labute approximate surface area is 160 Å². The Morgan fingerprint density at radius 2 is 1.33 bits per heavy atom. The van der Waals surface area contributed by atoms with Crippen molar-refractivity contribution < 1.29 is 4.74 Å². The fraction of sp³-hybridized carbons (Fsp3) is 0.684. The van der Waals surface area contributed by atoms with E-state index in [1.165, 1.54) is 62.3 Å². The molecule has 0 spiro atoms. The molecule has 0 aliphatic heterocycles. The lowest BCUT2D eigenvalue weighted by atomic mass is 10.3. The van der Waals surface area contributed by atoms with Gasteiger partial charge in [0.2, 0.25) is 0 Å². The van der Waals surface area contributed by atoms with E-state index >= 15 is 0 Å². The number of hydrogen-bond donors (Lipinski definition) is 1. The van der Waals surface area contributed by atoms with Crippen molar-refractivity contribution in [3.05, 3.63) is 24.3 Å². The van der Waals surface area contributed by atoms with Gasteiger partial charge < -0.3 is 4.74 Å². The highest BCUT2D eigenvalue weighted by atomic mass is 33.1. The second-order valence-electron chi connectivity index (χ2n) is 6.57. The Kier molecular flexibility index (Phi) is 10.5. The molecular weight excluding hydrogens is 370 g/mol. The van der Waals surface area contributed by atoms with Crippen molar-refractivity contribution in [2.24, 2.45) is 0 Å². The SMILES string of the molecule is CCCC[P+](CCCC)(CCCC)P(=S)(S)c1ccc(OC)cc1.